The van der Waals surface area contributed by atoms with E-state index < -0.39 is 75.9 Å². The Bertz CT molecular complexity index is 1610. The Balaban J connectivity index is 1.24. The average Bonchev–Trinajstić information content (AvgIpc) is 3.46. The van der Waals surface area contributed by atoms with Crippen molar-refractivity contribution in [2.75, 3.05) is 13.2 Å². The van der Waals surface area contributed by atoms with Crippen molar-refractivity contribution in [2.24, 2.45) is 0 Å². The number of rotatable bonds is 9. The third-order valence-corrected chi connectivity index (χ3v) is 9.98. The maximum atomic E-state index is 8.43. The first-order chi connectivity index (χ1) is 24.8. The van der Waals surface area contributed by atoms with E-state index in [1.807, 2.05) is 119 Å². The van der Waals surface area contributed by atoms with E-state index in [2.05, 4.69) is 0 Å². The Morgan fingerprint density at radius 1 is 0.769 bits per heavy atom. The molecule has 3 aromatic carbocycles. The minimum absolute atomic E-state index is 0.00915. The molecule has 4 aliphatic rings. The van der Waals surface area contributed by atoms with Crippen molar-refractivity contribution in [1.29, 1.82) is 5.41 Å². The summed E-state index contributed by atoms with van der Waals surface area (Å²) < 4.78 is 55.6. The quantitative estimate of drug-likeness (QED) is 0.103. The van der Waals surface area contributed by atoms with Crippen LogP contribution in [0.5, 0.6) is 0 Å². The Morgan fingerprint density at radius 2 is 1.31 bits per heavy atom. The van der Waals surface area contributed by atoms with Crippen molar-refractivity contribution >= 4 is 40.7 Å². The Labute approximate surface area is 318 Å². The summed E-state index contributed by atoms with van der Waals surface area (Å²) in [6.07, 6.45) is -2.94. The lowest BCUT2D eigenvalue weighted by molar-refractivity contribution is -0.378. The minimum atomic E-state index is -2.12. The summed E-state index contributed by atoms with van der Waals surface area (Å²) in [6.45, 7) is 7.58. The van der Waals surface area contributed by atoms with Gasteiger partial charge >= 0.3 is 0 Å². The van der Waals surface area contributed by atoms with Gasteiger partial charge in [0, 0.05) is 0 Å². The maximum absolute atomic E-state index is 8.43. The van der Waals surface area contributed by atoms with Crippen LogP contribution in [0.15, 0.2) is 103 Å². The normalized spacial score (nSPS) is 30.8. The molecule has 0 unspecified atom stereocenters. The van der Waals surface area contributed by atoms with E-state index in [-0.39, 0.29) is 13.2 Å². The molecule has 7 rings (SSSR count). The van der Waals surface area contributed by atoms with Crippen molar-refractivity contribution in [3.63, 3.8) is 0 Å². The van der Waals surface area contributed by atoms with E-state index in [1.54, 1.807) is 6.08 Å². The number of hydrogen-bond donors (Lipinski definition) is 1. The molecule has 52 heavy (non-hydrogen) atoms. The highest BCUT2D eigenvalue weighted by molar-refractivity contribution is 6.76. The van der Waals surface area contributed by atoms with Gasteiger partial charge in [-0.15, -0.1) is 0 Å². The van der Waals surface area contributed by atoms with Crippen LogP contribution in [-0.2, 0) is 48.2 Å². The molecule has 1 N–H and O–H groups in total. The molecule has 0 bridgehead atoms. The second-order valence-corrected chi connectivity index (χ2v) is 16.3. The summed E-state index contributed by atoms with van der Waals surface area (Å²) in [5, 5.41) is 8.43. The lowest BCUT2D eigenvalue weighted by Gasteiger charge is -2.49. The Morgan fingerprint density at radius 3 is 1.87 bits per heavy atom. The van der Waals surface area contributed by atoms with E-state index in [4.69, 9.17) is 82.8 Å². The van der Waals surface area contributed by atoms with Gasteiger partial charge in [-0.1, -0.05) is 126 Å². The van der Waals surface area contributed by atoms with Gasteiger partial charge in [-0.2, -0.15) is 0 Å². The first kappa shape index (κ1) is 37.6. The molecule has 3 aromatic rings. The van der Waals surface area contributed by atoms with Crippen LogP contribution in [0, 0.1) is 5.41 Å². The first-order valence-electron chi connectivity index (χ1n) is 17.2. The van der Waals surface area contributed by atoms with Crippen LogP contribution in [-0.4, -0.2) is 83.5 Å². The van der Waals surface area contributed by atoms with Gasteiger partial charge in [0.25, 0.3) is 3.79 Å². The van der Waals surface area contributed by atoms with E-state index in [1.165, 1.54) is 6.26 Å². The molecule has 4 heterocycles. The molecule has 0 aromatic heterocycles. The van der Waals surface area contributed by atoms with Crippen LogP contribution < -0.4 is 0 Å². The summed E-state index contributed by atoms with van der Waals surface area (Å²) in [5.74, 6) is -2.39. The molecule has 13 heteroatoms. The van der Waals surface area contributed by atoms with Crippen molar-refractivity contribution in [3.8, 4) is 0 Å². The highest BCUT2D eigenvalue weighted by Crippen LogP contribution is 2.44. The zero-order valence-corrected chi connectivity index (χ0v) is 31.4. The van der Waals surface area contributed by atoms with Gasteiger partial charge in [0.1, 0.15) is 36.1 Å². The zero-order valence-electron chi connectivity index (χ0n) is 29.2. The summed E-state index contributed by atoms with van der Waals surface area (Å²) in [7, 11) is 0. The van der Waals surface area contributed by atoms with Gasteiger partial charge in [0.15, 0.2) is 30.1 Å². The van der Waals surface area contributed by atoms with Gasteiger partial charge in [0.05, 0.1) is 19.5 Å². The van der Waals surface area contributed by atoms with Gasteiger partial charge < -0.3 is 42.6 Å². The predicted octanol–water partition coefficient (Wildman–Crippen LogP) is 7.42. The largest absolute Gasteiger partial charge is 0.493 e. The van der Waals surface area contributed by atoms with Crippen LogP contribution in [0.1, 0.15) is 44.4 Å². The van der Waals surface area contributed by atoms with Crippen LogP contribution >= 0.6 is 34.8 Å². The summed E-state index contributed by atoms with van der Waals surface area (Å²) >= 11 is 18.2. The van der Waals surface area contributed by atoms with Crippen LogP contribution in [0.3, 0.4) is 0 Å². The van der Waals surface area contributed by atoms with E-state index in [9.17, 15) is 0 Å². The number of nitrogens with one attached hydrogen (secondary N) is 1. The van der Waals surface area contributed by atoms with Crippen molar-refractivity contribution < 1.29 is 42.6 Å². The summed E-state index contributed by atoms with van der Waals surface area (Å²) in [5.41, 5.74) is 1.66. The molecule has 3 fully saturated rings. The van der Waals surface area contributed by atoms with E-state index in [0.29, 0.717) is 0 Å². The number of hydrogen-bond acceptors (Lipinski definition) is 10. The third-order valence-electron chi connectivity index (χ3n) is 9.47. The van der Waals surface area contributed by atoms with Gasteiger partial charge in [-0.25, -0.2) is 0 Å². The fourth-order valence-corrected chi connectivity index (χ4v) is 7.35. The van der Waals surface area contributed by atoms with Gasteiger partial charge in [-0.3, -0.25) is 5.41 Å². The van der Waals surface area contributed by atoms with Crippen molar-refractivity contribution in [1.82, 2.24) is 0 Å². The summed E-state index contributed by atoms with van der Waals surface area (Å²) in [4.78, 5) is 0. The predicted molar refractivity (Wildman–Crippen MR) is 194 cm³/mol. The highest BCUT2D eigenvalue weighted by atomic mass is 35.6. The molecule has 0 amide bonds. The first-order valence-corrected chi connectivity index (χ1v) is 18.3. The molecule has 278 valence electrons. The molecule has 0 spiro atoms. The minimum Gasteiger partial charge on any atom is -0.493 e. The molecule has 10 nitrogen and oxygen atoms in total. The smallest absolute Gasteiger partial charge is 0.265 e. The number of halogens is 3. The van der Waals surface area contributed by atoms with Gasteiger partial charge in [0.2, 0.25) is 5.90 Å². The third kappa shape index (κ3) is 7.75. The molecular weight excluding hydrogens is 733 g/mol. The van der Waals surface area contributed by atoms with E-state index in [0.717, 1.165) is 16.7 Å². The lowest BCUT2D eigenvalue weighted by atomic mass is 9.80. The SMILES string of the molecule is CC1(C)O[C@@H]2[C@H](O1)[C@@H](O[C@H]1[C@H](OC(=N)C(Cl)(Cl)Cl)C=CO[C@@H]1COC(c1ccccc1)(c1ccccc1)c1ccccc1)O[C@@H]1COC(C)(C)O[C@@H]21. The molecule has 3 saturated heterocycles. The second kappa shape index (κ2) is 14.8. The number of alkyl halides is 3. The van der Waals surface area contributed by atoms with E-state index >= 15 is 0 Å². The summed E-state index contributed by atoms with van der Waals surface area (Å²) in [6, 6.07) is 30.0. The van der Waals surface area contributed by atoms with Crippen LogP contribution in [0.25, 0.3) is 0 Å². The molecule has 4 aliphatic heterocycles. The number of benzene rings is 3. The Kier molecular flexibility index (Phi) is 10.7. The van der Waals surface area contributed by atoms with Gasteiger partial charge in [-0.05, 0) is 50.5 Å². The monoisotopic (exact) mass is 773 g/mol. The van der Waals surface area contributed by atoms with Crippen LogP contribution in [0.2, 0.25) is 0 Å². The Hall–Kier alpha value is -2.74. The molecule has 0 radical (unpaired) electrons. The van der Waals surface area contributed by atoms with Crippen molar-refractivity contribution in [3.05, 3.63) is 120 Å². The fourth-order valence-electron chi connectivity index (χ4n) is 7.21. The molecule has 8 atom stereocenters. The second-order valence-electron chi connectivity index (χ2n) is 14.0. The number of ether oxygens (including phenoxy) is 9. The standard InChI is InChI=1S/C39H42Cl3NO9/c1-36(2)45-23-29-31(50-36)32-33(52-37(3,4)51-32)34(47-29)49-30-27(48-35(43)39(40,41)42)20-21-44-28(30)22-46-38(24-14-8-5-9-15-24,25-16-10-6-11-17-25)26-18-12-7-13-19-26/h5-21,27-34,43H,22-23H2,1-4H3/t27-,28-,29-,30+,31-,32+,33+,34-/m1/s1. The average molecular weight is 775 g/mol. The van der Waals surface area contributed by atoms with Crippen molar-refractivity contribution in [2.45, 2.75) is 97.7 Å². The van der Waals surface area contributed by atoms with Crippen LogP contribution in [0.4, 0.5) is 0 Å². The molecular formula is C39H42Cl3NO9. The highest BCUT2D eigenvalue weighted by Gasteiger charge is 2.60. The maximum Gasteiger partial charge on any atom is 0.265 e. The fraction of sp³-hybridized carbons (Fsp3) is 0.462. The topological polar surface area (TPSA) is 107 Å². The molecule has 0 aliphatic carbocycles. The lowest BCUT2D eigenvalue weighted by Crippen LogP contribution is -2.65. The molecule has 0 saturated carbocycles. The number of fused-ring (bicyclic) bond motifs is 3. The zero-order chi connectivity index (χ0) is 36.7.